The molecule has 0 aromatic heterocycles. The van der Waals surface area contributed by atoms with E-state index in [4.69, 9.17) is 5.84 Å². The molecule has 0 aliphatic heterocycles. The van der Waals surface area contributed by atoms with Crippen LogP contribution >= 0.6 is 0 Å². The van der Waals surface area contributed by atoms with E-state index in [0.717, 1.165) is 16.9 Å². The molecule has 4 heteroatoms. The summed E-state index contributed by atoms with van der Waals surface area (Å²) in [5.74, 6) is 6.03. The molecule has 0 saturated heterocycles. The average Bonchev–Trinajstić information content (AvgIpc) is 2.43. The van der Waals surface area contributed by atoms with Crippen molar-refractivity contribution in [1.82, 2.24) is 5.43 Å². The number of hydrogen-bond acceptors (Lipinski definition) is 2. The molecule has 0 aliphatic carbocycles. The molecule has 0 bridgehead atoms. The first-order valence-electron chi connectivity index (χ1n) is 6.13. The summed E-state index contributed by atoms with van der Waals surface area (Å²) >= 11 is 0. The maximum atomic E-state index is 5.51. The molecule has 2 rings (SSSR count). The third kappa shape index (κ3) is 3.56. The van der Waals surface area contributed by atoms with Crippen molar-refractivity contribution in [2.45, 2.75) is 13.8 Å². The Morgan fingerprint density at radius 2 is 1.79 bits per heavy atom. The van der Waals surface area contributed by atoms with Gasteiger partial charge in [-0.1, -0.05) is 30.3 Å². The average molecular weight is 254 g/mol. The summed E-state index contributed by atoms with van der Waals surface area (Å²) < 4.78 is 0. The molecule has 0 unspecified atom stereocenters. The molecule has 0 spiro atoms. The molecule has 0 amide bonds. The van der Waals surface area contributed by atoms with Crippen LogP contribution in [0.5, 0.6) is 0 Å². The summed E-state index contributed by atoms with van der Waals surface area (Å²) in [6.45, 7) is 4.06. The molecule has 0 saturated carbocycles. The van der Waals surface area contributed by atoms with E-state index in [2.05, 4.69) is 21.8 Å². The summed E-state index contributed by atoms with van der Waals surface area (Å²) in [7, 11) is 0. The SMILES string of the molecule is Cc1ccc(C)c(N=C(NN)Nc2ccccc2)c1. The Hall–Kier alpha value is -2.33. The number of guanidine groups is 1. The Morgan fingerprint density at radius 3 is 2.47 bits per heavy atom. The van der Waals surface area contributed by atoms with Crippen LogP contribution in [0.4, 0.5) is 11.4 Å². The highest BCUT2D eigenvalue weighted by Gasteiger charge is 2.01. The Balaban J connectivity index is 2.26. The largest absolute Gasteiger partial charge is 0.325 e. The lowest BCUT2D eigenvalue weighted by Gasteiger charge is -2.10. The van der Waals surface area contributed by atoms with Crippen molar-refractivity contribution < 1.29 is 0 Å². The van der Waals surface area contributed by atoms with Gasteiger partial charge in [0.25, 0.3) is 0 Å². The van der Waals surface area contributed by atoms with Gasteiger partial charge in [-0.3, -0.25) is 5.43 Å². The Kier molecular flexibility index (Phi) is 4.15. The van der Waals surface area contributed by atoms with Crippen LogP contribution in [0.25, 0.3) is 0 Å². The maximum Gasteiger partial charge on any atom is 0.215 e. The second kappa shape index (κ2) is 6.02. The smallest absolute Gasteiger partial charge is 0.215 e. The van der Waals surface area contributed by atoms with E-state index < -0.39 is 0 Å². The van der Waals surface area contributed by atoms with Crippen LogP contribution in [0.15, 0.2) is 53.5 Å². The van der Waals surface area contributed by atoms with Crippen molar-refractivity contribution >= 4 is 17.3 Å². The number of para-hydroxylation sites is 1. The molecule has 0 aliphatic rings. The summed E-state index contributed by atoms with van der Waals surface area (Å²) in [5, 5.41) is 3.14. The Morgan fingerprint density at radius 1 is 1.05 bits per heavy atom. The van der Waals surface area contributed by atoms with Crippen molar-refractivity contribution in [3.8, 4) is 0 Å². The number of hydrogen-bond donors (Lipinski definition) is 3. The fourth-order valence-electron chi connectivity index (χ4n) is 1.71. The van der Waals surface area contributed by atoms with Crippen molar-refractivity contribution in [2.75, 3.05) is 5.32 Å². The first-order chi connectivity index (χ1) is 9.19. The minimum atomic E-state index is 0.514. The quantitative estimate of drug-likeness (QED) is 0.334. The number of hydrazine groups is 1. The minimum Gasteiger partial charge on any atom is -0.325 e. The molecule has 0 heterocycles. The van der Waals surface area contributed by atoms with E-state index in [1.165, 1.54) is 5.56 Å². The monoisotopic (exact) mass is 254 g/mol. The van der Waals surface area contributed by atoms with Crippen LogP contribution in [0.1, 0.15) is 11.1 Å². The van der Waals surface area contributed by atoms with Gasteiger partial charge in [0, 0.05) is 5.69 Å². The van der Waals surface area contributed by atoms with Crippen LogP contribution in [-0.4, -0.2) is 5.96 Å². The topological polar surface area (TPSA) is 62.4 Å². The predicted molar refractivity (Wildman–Crippen MR) is 80.4 cm³/mol. The fourth-order valence-corrected chi connectivity index (χ4v) is 1.71. The number of aryl methyl sites for hydroxylation is 2. The van der Waals surface area contributed by atoms with Gasteiger partial charge in [-0.25, -0.2) is 10.8 Å². The van der Waals surface area contributed by atoms with Crippen LogP contribution in [0, 0.1) is 13.8 Å². The Labute approximate surface area is 113 Å². The van der Waals surface area contributed by atoms with Gasteiger partial charge in [-0.15, -0.1) is 0 Å². The number of nitrogens with zero attached hydrogens (tertiary/aromatic N) is 1. The zero-order valence-electron chi connectivity index (χ0n) is 11.1. The first-order valence-corrected chi connectivity index (χ1v) is 6.13. The lowest BCUT2D eigenvalue weighted by molar-refractivity contribution is 1.02. The lowest BCUT2D eigenvalue weighted by atomic mass is 10.1. The number of aliphatic imine (C=N–C) groups is 1. The molecule has 4 N–H and O–H groups in total. The van der Waals surface area contributed by atoms with Crippen molar-refractivity contribution in [3.05, 3.63) is 59.7 Å². The molecule has 2 aromatic rings. The number of benzene rings is 2. The summed E-state index contributed by atoms with van der Waals surface area (Å²) in [4.78, 5) is 4.50. The zero-order valence-corrected chi connectivity index (χ0v) is 11.1. The predicted octanol–water partition coefficient (Wildman–Crippen LogP) is 2.87. The molecule has 0 atom stereocenters. The molecule has 98 valence electrons. The van der Waals surface area contributed by atoms with Gasteiger partial charge in [0.2, 0.25) is 5.96 Å². The van der Waals surface area contributed by atoms with Crippen LogP contribution in [-0.2, 0) is 0 Å². The highest BCUT2D eigenvalue weighted by atomic mass is 15.3. The first kappa shape index (κ1) is 13.1. The standard InChI is InChI=1S/C15H18N4/c1-11-8-9-12(2)14(10-11)18-15(19-16)17-13-6-4-3-5-7-13/h3-10H,16H2,1-2H3,(H2,17,18,19). The van der Waals surface area contributed by atoms with Crippen LogP contribution in [0.3, 0.4) is 0 Å². The molecule has 0 radical (unpaired) electrons. The van der Waals surface area contributed by atoms with Crippen molar-refractivity contribution in [3.63, 3.8) is 0 Å². The van der Waals surface area contributed by atoms with Crippen molar-refractivity contribution in [1.29, 1.82) is 0 Å². The van der Waals surface area contributed by atoms with Gasteiger partial charge < -0.3 is 5.32 Å². The highest BCUT2D eigenvalue weighted by molar-refractivity contribution is 5.95. The maximum absolute atomic E-state index is 5.51. The summed E-state index contributed by atoms with van der Waals surface area (Å²) in [6.07, 6.45) is 0. The Bertz CT molecular complexity index is 576. The minimum absolute atomic E-state index is 0.514. The summed E-state index contributed by atoms with van der Waals surface area (Å²) in [6, 6.07) is 15.9. The normalized spacial score (nSPS) is 11.2. The van der Waals surface area contributed by atoms with Crippen LogP contribution < -0.4 is 16.6 Å². The highest BCUT2D eigenvalue weighted by Crippen LogP contribution is 2.20. The summed E-state index contributed by atoms with van der Waals surface area (Å²) in [5.41, 5.74) is 6.69. The molecule has 2 aromatic carbocycles. The van der Waals surface area contributed by atoms with E-state index in [1.807, 2.05) is 56.3 Å². The van der Waals surface area contributed by atoms with Gasteiger partial charge in [0.1, 0.15) is 0 Å². The molecule has 4 nitrogen and oxygen atoms in total. The van der Waals surface area contributed by atoms with E-state index in [-0.39, 0.29) is 0 Å². The van der Waals surface area contributed by atoms with Crippen molar-refractivity contribution in [2.24, 2.45) is 10.8 Å². The molecule has 0 fully saturated rings. The molecular weight excluding hydrogens is 236 g/mol. The third-order valence-corrected chi connectivity index (χ3v) is 2.77. The van der Waals surface area contributed by atoms with E-state index in [1.54, 1.807) is 0 Å². The van der Waals surface area contributed by atoms with E-state index in [9.17, 15) is 0 Å². The number of nitrogens with one attached hydrogen (secondary N) is 2. The number of nitrogens with two attached hydrogens (primary N) is 1. The number of anilines is 1. The fraction of sp³-hybridized carbons (Fsp3) is 0.133. The lowest BCUT2D eigenvalue weighted by Crippen LogP contribution is -2.36. The molecular formula is C15H18N4. The van der Waals surface area contributed by atoms with Gasteiger partial charge in [-0.2, -0.15) is 0 Å². The second-order valence-electron chi connectivity index (χ2n) is 4.39. The van der Waals surface area contributed by atoms with Gasteiger partial charge in [0.15, 0.2) is 0 Å². The van der Waals surface area contributed by atoms with E-state index in [0.29, 0.717) is 5.96 Å². The van der Waals surface area contributed by atoms with E-state index >= 15 is 0 Å². The van der Waals surface area contributed by atoms with Gasteiger partial charge >= 0.3 is 0 Å². The van der Waals surface area contributed by atoms with Crippen LogP contribution in [0.2, 0.25) is 0 Å². The second-order valence-corrected chi connectivity index (χ2v) is 4.39. The number of rotatable bonds is 2. The molecule has 19 heavy (non-hydrogen) atoms. The zero-order chi connectivity index (χ0) is 13.7. The third-order valence-electron chi connectivity index (χ3n) is 2.77. The van der Waals surface area contributed by atoms with Gasteiger partial charge in [-0.05, 0) is 43.2 Å². The van der Waals surface area contributed by atoms with Gasteiger partial charge in [0.05, 0.1) is 5.69 Å².